The topological polar surface area (TPSA) is 175 Å². The van der Waals surface area contributed by atoms with Crippen LogP contribution < -0.4 is 26.6 Å². The van der Waals surface area contributed by atoms with Crippen LogP contribution >= 0.6 is 0 Å². The Morgan fingerprint density at radius 3 is 2.20 bits per heavy atom. The second kappa shape index (κ2) is 21.3. The Morgan fingerprint density at radius 1 is 0.945 bits per heavy atom. The Hall–Kier alpha value is -4.08. The van der Waals surface area contributed by atoms with E-state index in [0.29, 0.717) is 31.7 Å². The van der Waals surface area contributed by atoms with Gasteiger partial charge in [-0.1, -0.05) is 86.1 Å². The molecule has 0 radical (unpaired) electrons. The number of carbonyl (C=O) groups is 6. The van der Waals surface area contributed by atoms with Gasteiger partial charge in [0.05, 0.1) is 12.1 Å². The maximum absolute atomic E-state index is 14.8. The Morgan fingerprint density at radius 2 is 1.60 bits per heavy atom. The van der Waals surface area contributed by atoms with Crippen molar-refractivity contribution in [3.8, 4) is 12.3 Å². The summed E-state index contributed by atoms with van der Waals surface area (Å²) in [7, 11) is 0. The van der Waals surface area contributed by atoms with E-state index in [1.54, 1.807) is 4.90 Å². The summed E-state index contributed by atoms with van der Waals surface area (Å²) in [6, 6.07) is -4.22. The Bertz CT molecular complexity index is 1390. The zero-order valence-electron chi connectivity index (χ0n) is 34.2. The van der Waals surface area contributed by atoms with E-state index in [2.05, 4.69) is 39.1 Å². The van der Waals surface area contributed by atoms with E-state index in [1.807, 2.05) is 41.5 Å². The maximum atomic E-state index is 14.8. The number of rotatable bonds is 17. The van der Waals surface area contributed by atoms with Gasteiger partial charge in [-0.3, -0.25) is 19.2 Å². The van der Waals surface area contributed by atoms with Crippen LogP contribution in [0, 0.1) is 40.9 Å². The van der Waals surface area contributed by atoms with Crippen molar-refractivity contribution >= 4 is 35.6 Å². The number of alkyl carbamates (subject to hydrolysis) is 1. The lowest BCUT2D eigenvalue weighted by molar-refractivity contribution is -0.145. The number of ketones is 1. The van der Waals surface area contributed by atoms with Crippen LogP contribution in [0.4, 0.5) is 9.59 Å². The first-order chi connectivity index (χ1) is 26.0. The molecule has 5 N–H and O–H groups in total. The lowest BCUT2D eigenvalue weighted by Crippen LogP contribution is -2.63. The zero-order valence-corrected chi connectivity index (χ0v) is 34.2. The molecule has 3 aliphatic rings. The molecule has 1 saturated heterocycles. The van der Waals surface area contributed by atoms with Crippen LogP contribution in [0.15, 0.2) is 12.7 Å². The second-order valence-electron chi connectivity index (χ2n) is 17.5. The van der Waals surface area contributed by atoms with Crippen LogP contribution in [-0.2, 0) is 23.9 Å². The fourth-order valence-electron chi connectivity index (χ4n) is 8.28. The number of hydrogen-bond acceptors (Lipinski definition) is 7. The lowest BCUT2D eigenvalue weighted by atomic mass is 9.70. The van der Waals surface area contributed by atoms with E-state index < -0.39 is 64.7 Å². The van der Waals surface area contributed by atoms with E-state index in [-0.39, 0.29) is 50.3 Å². The van der Waals surface area contributed by atoms with Crippen LogP contribution in [0.25, 0.3) is 0 Å². The minimum Gasteiger partial charge on any atom is -0.447 e. The minimum atomic E-state index is -1.18. The smallest absolute Gasteiger partial charge is 0.407 e. The van der Waals surface area contributed by atoms with Crippen molar-refractivity contribution in [3.05, 3.63) is 12.7 Å². The van der Waals surface area contributed by atoms with Gasteiger partial charge in [0.1, 0.15) is 18.7 Å². The molecule has 2 saturated carbocycles. The van der Waals surface area contributed by atoms with Gasteiger partial charge in [0.15, 0.2) is 0 Å². The number of urea groups is 1. The van der Waals surface area contributed by atoms with Crippen molar-refractivity contribution in [2.24, 2.45) is 28.6 Å². The van der Waals surface area contributed by atoms with Crippen LogP contribution in [0.5, 0.6) is 0 Å². The van der Waals surface area contributed by atoms with Gasteiger partial charge < -0.3 is 36.2 Å². The number of hydrogen-bond donors (Lipinski definition) is 5. The largest absolute Gasteiger partial charge is 0.447 e. The third kappa shape index (κ3) is 13.3. The van der Waals surface area contributed by atoms with Crippen LogP contribution in [0.3, 0.4) is 0 Å². The van der Waals surface area contributed by atoms with Crippen LogP contribution in [0.2, 0.25) is 0 Å². The molecule has 0 aromatic heterocycles. The highest BCUT2D eigenvalue weighted by Gasteiger charge is 2.50. The first kappa shape index (κ1) is 45.3. The van der Waals surface area contributed by atoms with E-state index >= 15 is 0 Å². The monoisotopic (exact) mass is 769 g/mol. The lowest BCUT2D eigenvalue weighted by Gasteiger charge is -2.43. The van der Waals surface area contributed by atoms with Gasteiger partial charge in [-0.15, -0.1) is 18.9 Å². The Labute approximate surface area is 329 Å². The van der Waals surface area contributed by atoms with E-state index in [4.69, 9.17) is 11.2 Å². The number of carbonyl (C=O) groups excluding carboxylic acids is 6. The predicted octanol–water partition coefficient (Wildman–Crippen LogP) is 4.99. The molecule has 0 spiro atoms. The summed E-state index contributed by atoms with van der Waals surface area (Å²) in [5, 5.41) is 14.1. The SMILES string of the molecule is C#CCCC(NC(=O)[C@@H]1C(C(C)C)CCN1C(=O)[C@@H](NC(=O)N[C@H](COC(=O)NCC1CCCCC1)C(C)(C)C)C1(C)CCCCC1)C(=O)C(=O)NCC=C. The van der Waals surface area contributed by atoms with Gasteiger partial charge in [0, 0.05) is 26.1 Å². The number of nitrogens with one attached hydrogen (secondary N) is 5. The minimum absolute atomic E-state index is 0.0108. The molecule has 3 fully saturated rings. The van der Waals surface area contributed by atoms with Crippen molar-refractivity contribution in [3.63, 3.8) is 0 Å². The number of Topliss-reactive ketones (excluding diaryl/α,β-unsaturated/α-hetero) is 1. The summed E-state index contributed by atoms with van der Waals surface area (Å²) in [4.78, 5) is 82.9. The number of amides is 6. The third-order valence-electron chi connectivity index (χ3n) is 11.9. The average molecular weight is 769 g/mol. The van der Waals surface area contributed by atoms with Gasteiger partial charge >= 0.3 is 12.1 Å². The van der Waals surface area contributed by atoms with E-state index in [0.717, 1.165) is 32.1 Å². The molecule has 308 valence electrons. The van der Waals surface area contributed by atoms with Crippen molar-refractivity contribution in [1.82, 2.24) is 31.5 Å². The molecule has 6 amide bonds. The fraction of sp³-hybridized carbons (Fsp3) is 0.762. The normalized spacial score (nSPS) is 21.6. The quantitative estimate of drug-likeness (QED) is 0.0788. The number of nitrogens with zero attached hydrogens (tertiary/aromatic N) is 1. The molecule has 0 aromatic carbocycles. The first-order valence-corrected chi connectivity index (χ1v) is 20.5. The van der Waals surface area contributed by atoms with Crippen molar-refractivity contribution in [1.29, 1.82) is 0 Å². The molecule has 1 heterocycles. The Balaban J connectivity index is 1.82. The molecule has 5 atom stereocenters. The predicted molar refractivity (Wildman–Crippen MR) is 212 cm³/mol. The summed E-state index contributed by atoms with van der Waals surface area (Å²) in [5.41, 5.74) is -1.08. The molecule has 0 bridgehead atoms. The van der Waals surface area contributed by atoms with Gasteiger partial charge in [-0.2, -0.15) is 0 Å². The highest BCUT2D eigenvalue weighted by atomic mass is 16.5. The standard InChI is InChI=1S/C42H68N6O7/c1-9-11-20-31(34(49)37(51)43-24-10-2)45-36(50)33-30(28(3)4)21-25-48(33)38(52)35(42(8)22-16-13-17-23-42)47-39(53)46-32(41(5,6)7)27-55-40(54)44-26-29-18-14-12-15-19-29/h1,10,28-33,35H,2,11-27H2,3-8H3,(H,43,51)(H,44,54)(H,45,50)(H2,46,47,53)/t30?,31?,32-,33+,35-/m1/s1. The molecule has 13 heteroatoms. The van der Waals surface area contributed by atoms with Crippen molar-refractivity contribution in [2.45, 2.75) is 149 Å². The Kier molecular flexibility index (Phi) is 17.5. The van der Waals surface area contributed by atoms with Crippen molar-refractivity contribution < 1.29 is 33.5 Å². The molecular formula is C42H68N6O7. The summed E-state index contributed by atoms with van der Waals surface area (Å²) < 4.78 is 5.60. The highest BCUT2D eigenvalue weighted by molar-refractivity contribution is 6.38. The third-order valence-corrected chi connectivity index (χ3v) is 11.9. The zero-order chi connectivity index (χ0) is 40.8. The second-order valence-corrected chi connectivity index (χ2v) is 17.5. The van der Waals surface area contributed by atoms with E-state index in [1.165, 1.54) is 25.3 Å². The summed E-state index contributed by atoms with van der Waals surface area (Å²) in [6.45, 7) is 16.2. The van der Waals surface area contributed by atoms with Crippen molar-refractivity contribution in [2.75, 3.05) is 26.2 Å². The summed E-state index contributed by atoms with van der Waals surface area (Å²) in [6.07, 6.45) is 17.1. The molecule has 0 aromatic rings. The summed E-state index contributed by atoms with van der Waals surface area (Å²) >= 11 is 0. The number of terminal acetylenes is 1. The fourth-order valence-corrected chi connectivity index (χ4v) is 8.28. The van der Waals surface area contributed by atoms with Crippen LogP contribution in [0.1, 0.15) is 125 Å². The highest BCUT2D eigenvalue weighted by Crippen LogP contribution is 2.41. The molecule has 1 aliphatic heterocycles. The van der Waals surface area contributed by atoms with E-state index in [9.17, 15) is 28.8 Å². The molecule has 3 rings (SSSR count). The first-order valence-electron chi connectivity index (χ1n) is 20.5. The molecule has 13 nitrogen and oxygen atoms in total. The van der Waals surface area contributed by atoms with Gasteiger partial charge in [-0.25, -0.2) is 9.59 Å². The maximum Gasteiger partial charge on any atom is 0.407 e. The molecular weight excluding hydrogens is 700 g/mol. The van der Waals surface area contributed by atoms with Gasteiger partial charge in [-0.05, 0) is 67.1 Å². The van der Waals surface area contributed by atoms with Crippen LogP contribution in [-0.4, -0.2) is 90.9 Å². The summed E-state index contributed by atoms with van der Waals surface area (Å²) in [5.74, 6) is 0.0940. The average Bonchev–Trinajstić information content (AvgIpc) is 3.61. The molecule has 2 aliphatic carbocycles. The van der Waals surface area contributed by atoms with Gasteiger partial charge in [0.25, 0.3) is 5.91 Å². The number of ether oxygens (including phenoxy) is 1. The molecule has 2 unspecified atom stereocenters. The van der Waals surface area contributed by atoms with Gasteiger partial charge in [0.2, 0.25) is 17.6 Å². The number of likely N-dealkylation sites (tertiary alicyclic amines) is 1. The molecule has 55 heavy (non-hydrogen) atoms.